The number of halogens is 1. The number of Topliss-reactive ketones (excluding diaryl/α,β-unsaturated/α-hetero) is 1. The lowest BCUT2D eigenvalue weighted by Gasteiger charge is -2.24. The predicted octanol–water partition coefficient (Wildman–Crippen LogP) is 3.15. The lowest BCUT2D eigenvalue weighted by atomic mass is 9.95. The molecule has 1 atom stereocenters. The van der Waals surface area contributed by atoms with Gasteiger partial charge in [-0.3, -0.25) is 9.59 Å². The summed E-state index contributed by atoms with van der Waals surface area (Å²) in [7, 11) is 0. The number of rotatable bonds is 6. The summed E-state index contributed by atoms with van der Waals surface area (Å²) in [5.74, 6) is -1.18. The smallest absolute Gasteiger partial charge is 0.295 e. The van der Waals surface area contributed by atoms with Crippen LogP contribution < -0.4 is 4.74 Å². The van der Waals surface area contributed by atoms with Gasteiger partial charge in [0, 0.05) is 17.1 Å². The standard InChI is InChI=1S/C21H20ClNO5/c1-2-28-16-9-5-13(6-10-16)18-17(20(26)21(27)23(18)11-12-24)19(25)14-3-7-15(22)8-4-14/h3-10,18,24-25H,2,11-12H2,1H3. The topological polar surface area (TPSA) is 87.1 Å². The molecule has 1 amide bonds. The first kappa shape index (κ1) is 19.9. The highest BCUT2D eigenvalue weighted by Gasteiger charge is 2.45. The molecule has 146 valence electrons. The van der Waals surface area contributed by atoms with Crippen molar-refractivity contribution in [2.45, 2.75) is 13.0 Å². The third kappa shape index (κ3) is 3.74. The van der Waals surface area contributed by atoms with E-state index in [1.165, 1.54) is 4.90 Å². The summed E-state index contributed by atoms with van der Waals surface area (Å²) in [6, 6.07) is 12.5. The number of aliphatic hydroxyl groups is 2. The van der Waals surface area contributed by atoms with Crippen molar-refractivity contribution in [3.8, 4) is 5.75 Å². The Hall–Kier alpha value is -2.83. The van der Waals surface area contributed by atoms with Gasteiger partial charge in [-0.1, -0.05) is 23.7 Å². The van der Waals surface area contributed by atoms with Crippen LogP contribution >= 0.6 is 11.6 Å². The number of aliphatic hydroxyl groups excluding tert-OH is 2. The normalized spacial score (nSPS) is 18.5. The highest BCUT2D eigenvalue weighted by atomic mass is 35.5. The number of likely N-dealkylation sites (tertiary alicyclic amines) is 1. The number of benzene rings is 2. The van der Waals surface area contributed by atoms with E-state index in [4.69, 9.17) is 16.3 Å². The Balaban J connectivity index is 2.11. The molecule has 1 aliphatic rings. The zero-order valence-electron chi connectivity index (χ0n) is 15.3. The minimum atomic E-state index is -0.807. The summed E-state index contributed by atoms with van der Waals surface area (Å²) < 4.78 is 5.43. The Bertz CT molecular complexity index is 905. The molecule has 2 N–H and O–H groups in total. The average Bonchev–Trinajstić information content (AvgIpc) is 2.94. The molecule has 2 aromatic carbocycles. The molecule has 1 saturated heterocycles. The highest BCUT2D eigenvalue weighted by Crippen LogP contribution is 2.39. The van der Waals surface area contributed by atoms with Gasteiger partial charge >= 0.3 is 0 Å². The summed E-state index contributed by atoms with van der Waals surface area (Å²) >= 11 is 5.89. The van der Waals surface area contributed by atoms with Gasteiger partial charge in [-0.05, 0) is 48.9 Å². The average molecular weight is 402 g/mol. The molecule has 0 saturated carbocycles. The van der Waals surface area contributed by atoms with Crippen molar-refractivity contribution >= 4 is 29.1 Å². The van der Waals surface area contributed by atoms with Crippen LogP contribution in [0.4, 0.5) is 0 Å². The second kappa shape index (κ2) is 8.46. The van der Waals surface area contributed by atoms with E-state index < -0.39 is 17.7 Å². The molecule has 6 nitrogen and oxygen atoms in total. The van der Waals surface area contributed by atoms with Crippen LogP contribution in [-0.2, 0) is 9.59 Å². The van der Waals surface area contributed by atoms with Crippen molar-refractivity contribution in [1.82, 2.24) is 4.90 Å². The van der Waals surface area contributed by atoms with Gasteiger partial charge in [0.05, 0.1) is 24.8 Å². The van der Waals surface area contributed by atoms with Gasteiger partial charge in [0.25, 0.3) is 11.7 Å². The summed E-state index contributed by atoms with van der Waals surface area (Å²) in [5, 5.41) is 20.7. The number of amides is 1. The largest absolute Gasteiger partial charge is 0.507 e. The van der Waals surface area contributed by atoms with E-state index in [0.29, 0.717) is 28.5 Å². The second-order valence-corrected chi connectivity index (χ2v) is 6.66. The number of β-amino-alcohol motifs (C(OH)–C–C–N with tert-alkyl or cyclic N) is 1. The maximum Gasteiger partial charge on any atom is 0.295 e. The number of nitrogens with zero attached hydrogens (tertiary/aromatic N) is 1. The first-order chi connectivity index (χ1) is 13.5. The van der Waals surface area contributed by atoms with Crippen LogP contribution in [0.5, 0.6) is 5.75 Å². The van der Waals surface area contributed by atoms with E-state index in [1.54, 1.807) is 48.5 Å². The molecule has 7 heteroatoms. The van der Waals surface area contributed by atoms with Crippen molar-refractivity contribution in [3.63, 3.8) is 0 Å². The van der Waals surface area contributed by atoms with Crippen LogP contribution in [0.25, 0.3) is 5.76 Å². The van der Waals surface area contributed by atoms with E-state index in [2.05, 4.69) is 0 Å². The first-order valence-corrected chi connectivity index (χ1v) is 9.23. The van der Waals surface area contributed by atoms with Gasteiger partial charge in [0.15, 0.2) is 0 Å². The monoisotopic (exact) mass is 401 g/mol. The van der Waals surface area contributed by atoms with Crippen molar-refractivity contribution < 1.29 is 24.5 Å². The molecule has 0 bridgehead atoms. The molecule has 1 fully saturated rings. The predicted molar refractivity (Wildman–Crippen MR) is 105 cm³/mol. The summed E-state index contributed by atoms with van der Waals surface area (Å²) in [6.07, 6.45) is 0. The zero-order valence-corrected chi connectivity index (χ0v) is 16.0. The fourth-order valence-corrected chi connectivity index (χ4v) is 3.37. The highest BCUT2D eigenvalue weighted by molar-refractivity contribution is 6.46. The van der Waals surface area contributed by atoms with Crippen LogP contribution in [0.2, 0.25) is 5.02 Å². The molecule has 1 heterocycles. The molecular weight excluding hydrogens is 382 g/mol. The molecule has 1 unspecified atom stereocenters. The third-order valence-electron chi connectivity index (χ3n) is 4.51. The Morgan fingerprint density at radius 2 is 1.75 bits per heavy atom. The maximum atomic E-state index is 12.7. The minimum absolute atomic E-state index is 0.0232. The number of carbonyl (C=O) groups excluding carboxylic acids is 2. The van der Waals surface area contributed by atoms with E-state index in [-0.39, 0.29) is 24.5 Å². The molecule has 0 aromatic heterocycles. The number of carbonyl (C=O) groups is 2. The van der Waals surface area contributed by atoms with E-state index >= 15 is 0 Å². The first-order valence-electron chi connectivity index (χ1n) is 8.86. The fourth-order valence-electron chi connectivity index (χ4n) is 3.24. The van der Waals surface area contributed by atoms with Crippen molar-refractivity contribution in [1.29, 1.82) is 0 Å². The Labute approximate surface area is 167 Å². The fraction of sp³-hybridized carbons (Fsp3) is 0.238. The van der Waals surface area contributed by atoms with Gasteiger partial charge in [0.1, 0.15) is 11.5 Å². The molecule has 0 aliphatic carbocycles. The molecule has 3 rings (SSSR count). The lowest BCUT2D eigenvalue weighted by Crippen LogP contribution is -2.32. The lowest BCUT2D eigenvalue weighted by molar-refractivity contribution is -0.140. The Kier molecular flexibility index (Phi) is 6.02. The Morgan fingerprint density at radius 1 is 1.11 bits per heavy atom. The van der Waals surface area contributed by atoms with Crippen LogP contribution in [0.1, 0.15) is 24.1 Å². The third-order valence-corrected chi connectivity index (χ3v) is 4.76. The van der Waals surface area contributed by atoms with Crippen LogP contribution in [0.15, 0.2) is 54.1 Å². The number of ketones is 1. The van der Waals surface area contributed by atoms with E-state index in [9.17, 15) is 19.8 Å². The van der Waals surface area contributed by atoms with Crippen molar-refractivity contribution in [3.05, 3.63) is 70.3 Å². The maximum absolute atomic E-state index is 12.7. The second-order valence-electron chi connectivity index (χ2n) is 6.23. The van der Waals surface area contributed by atoms with Crippen LogP contribution in [0.3, 0.4) is 0 Å². The van der Waals surface area contributed by atoms with Gasteiger partial charge < -0.3 is 19.8 Å². The molecule has 28 heavy (non-hydrogen) atoms. The number of hydrogen-bond donors (Lipinski definition) is 2. The van der Waals surface area contributed by atoms with Gasteiger partial charge in [0.2, 0.25) is 0 Å². The molecule has 2 aromatic rings. The zero-order chi connectivity index (χ0) is 20.3. The van der Waals surface area contributed by atoms with Gasteiger partial charge in [-0.2, -0.15) is 0 Å². The van der Waals surface area contributed by atoms with Gasteiger partial charge in [-0.15, -0.1) is 0 Å². The van der Waals surface area contributed by atoms with Crippen molar-refractivity contribution in [2.75, 3.05) is 19.8 Å². The SMILES string of the molecule is CCOc1ccc(C2C(=C(O)c3ccc(Cl)cc3)C(=O)C(=O)N2CCO)cc1. The van der Waals surface area contributed by atoms with Crippen LogP contribution in [-0.4, -0.2) is 46.6 Å². The van der Waals surface area contributed by atoms with E-state index in [1.807, 2.05) is 6.92 Å². The van der Waals surface area contributed by atoms with E-state index in [0.717, 1.165) is 0 Å². The quantitative estimate of drug-likeness (QED) is 0.441. The number of ether oxygens (including phenoxy) is 1. The summed E-state index contributed by atoms with van der Waals surface area (Å²) in [4.78, 5) is 26.5. The molecule has 0 spiro atoms. The molecule has 0 radical (unpaired) electrons. The summed E-state index contributed by atoms with van der Waals surface area (Å²) in [5.41, 5.74) is 0.985. The summed E-state index contributed by atoms with van der Waals surface area (Å²) in [6.45, 7) is 2.05. The van der Waals surface area contributed by atoms with Crippen LogP contribution in [0, 0.1) is 0 Å². The minimum Gasteiger partial charge on any atom is -0.507 e. The van der Waals surface area contributed by atoms with Crippen molar-refractivity contribution in [2.24, 2.45) is 0 Å². The molecular formula is C21H20ClNO5. The number of hydrogen-bond acceptors (Lipinski definition) is 5. The Morgan fingerprint density at radius 3 is 2.32 bits per heavy atom. The van der Waals surface area contributed by atoms with Gasteiger partial charge in [-0.25, -0.2) is 0 Å². The molecule has 1 aliphatic heterocycles.